The fourth-order valence-electron chi connectivity index (χ4n) is 5.66. The first-order chi connectivity index (χ1) is 12.4. The number of unbranched alkanes of at least 4 members (excludes halogenated alkanes) is 1. The number of rotatable bonds is 8. The van der Waals surface area contributed by atoms with Crippen LogP contribution in [0.25, 0.3) is 0 Å². The molecule has 0 bridgehead atoms. The van der Waals surface area contributed by atoms with Crippen LogP contribution in [0.4, 0.5) is 0 Å². The van der Waals surface area contributed by atoms with Gasteiger partial charge in [-0.05, 0) is 77.3 Å². The van der Waals surface area contributed by atoms with Gasteiger partial charge in [-0.3, -0.25) is 4.79 Å². The highest BCUT2D eigenvalue weighted by atomic mass is 16.5. The summed E-state index contributed by atoms with van der Waals surface area (Å²) in [4.78, 5) is 17.3. The number of carbonyl (C=O) groups excluding carboxylic acids is 1. The molecule has 4 heteroatoms. The van der Waals surface area contributed by atoms with Gasteiger partial charge in [0, 0.05) is 32.2 Å². The Labute approximate surface area is 160 Å². The van der Waals surface area contributed by atoms with Gasteiger partial charge < -0.3 is 14.5 Å². The van der Waals surface area contributed by atoms with Crippen molar-refractivity contribution in [3.05, 3.63) is 0 Å². The molecule has 3 rings (SSSR count). The topological polar surface area (TPSA) is 32.8 Å². The van der Waals surface area contributed by atoms with E-state index in [-0.39, 0.29) is 11.0 Å². The lowest BCUT2D eigenvalue weighted by Gasteiger charge is -2.49. The van der Waals surface area contributed by atoms with Gasteiger partial charge in [0.05, 0.1) is 5.60 Å². The first-order valence-corrected chi connectivity index (χ1v) is 10.9. The summed E-state index contributed by atoms with van der Waals surface area (Å²) < 4.78 is 5.75. The van der Waals surface area contributed by atoms with E-state index >= 15 is 0 Å². The Balaban J connectivity index is 1.56. The van der Waals surface area contributed by atoms with Crippen molar-refractivity contribution in [2.45, 2.75) is 95.1 Å². The third-order valence-electron chi connectivity index (χ3n) is 8.13. The second kappa shape index (κ2) is 7.79. The minimum Gasteiger partial charge on any atom is -0.378 e. The quantitative estimate of drug-likeness (QED) is 0.646. The van der Waals surface area contributed by atoms with Gasteiger partial charge in [-0.25, -0.2) is 0 Å². The predicted molar refractivity (Wildman–Crippen MR) is 106 cm³/mol. The number of carbonyl (C=O) groups is 1. The summed E-state index contributed by atoms with van der Waals surface area (Å²) in [7, 11) is 6.34. The van der Waals surface area contributed by atoms with Crippen molar-refractivity contribution >= 4 is 5.91 Å². The Hall–Kier alpha value is -0.610. The molecular formula is C22H40N2O2. The molecule has 4 nitrogen and oxygen atoms in total. The second-order valence-electron chi connectivity index (χ2n) is 9.71. The summed E-state index contributed by atoms with van der Waals surface area (Å²) in [5.41, 5.74) is 0.690. The SMILES string of the molecule is CCCCC1(N(C)C)CCC2(CC1)CC(=O)N(CCC1(OC)CCC1)C2. The lowest BCUT2D eigenvalue weighted by Crippen LogP contribution is -2.49. The molecule has 0 aromatic rings. The van der Waals surface area contributed by atoms with E-state index < -0.39 is 0 Å². The number of ether oxygens (including phenoxy) is 1. The van der Waals surface area contributed by atoms with Gasteiger partial charge in [-0.15, -0.1) is 0 Å². The van der Waals surface area contributed by atoms with Crippen LogP contribution in [0.2, 0.25) is 0 Å². The van der Waals surface area contributed by atoms with Crippen LogP contribution >= 0.6 is 0 Å². The zero-order chi connectivity index (χ0) is 18.8. The van der Waals surface area contributed by atoms with Crippen LogP contribution in [0, 0.1) is 5.41 Å². The molecule has 1 spiro atoms. The number of hydrogen-bond donors (Lipinski definition) is 0. The third kappa shape index (κ3) is 3.82. The third-order valence-corrected chi connectivity index (χ3v) is 8.13. The van der Waals surface area contributed by atoms with Crippen molar-refractivity contribution in [3.63, 3.8) is 0 Å². The fraction of sp³-hybridized carbons (Fsp3) is 0.955. The monoisotopic (exact) mass is 364 g/mol. The van der Waals surface area contributed by atoms with Crippen molar-refractivity contribution in [2.24, 2.45) is 5.41 Å². The highest BCUT2D eigenvalue weighted by Crippen LogP contribution is 2.50. The average molecular weight is 365 g/mol. The van der Waals surface area contributed by atoms with E-state index in [4.69, 9.17) is 4.74 Å². The van der Waals surface area contributed by atoms with E-state index in [0.29, 0.717) is 11.4 Å². The van der Waals surface area contributed by atoms with Gasteiger partial charge in [-0.1, -0.05) is 19.8 Å². The Kier molecular flexibility index (Phi) is 6.03. The van der Waals surface area contributed by atoms with Crippen LogP contribution in [0.15, 0.2) is 0 Å². The fourth-order valence-corrected chi connectivity index (χ4v) is 5.66. The highest BCUT2D eigenvalue weighted by molar-refractivity contribution is 5.79. The Morgan fingerprint density at radius 3 is 2.27 bits per heavy atom. The lowest BCUT2D eigenvalue weighted by atomic mass is 9.65. The van der Waals surface area contributed by atoms with E-state index in [2.05, 4.69) is 30.8 Å². The summed E-state index contributed by atoms with van der Waals surface area (Å²) in [6.45, 7) is 4.17. The minimum absolute atomic E-state index is 0.0722. The zero-order valence-electron chi connectivity index (χ0n) is 17.6. The molecular weight excluding hydrogens is 324 g/mol. The van der Waals surface area contributed by atoms with Gasteiger partial charge in [-0.2, -0.15) is 0 Å². The molecule has 3 fully saturated rings. The maximum absolute atomic E-state index is 12.7. The first kappa shape index (κ1) is 20.1. The number of amides is 1. The molecule has 0 radical (unpaired) electrons. The summed E-state index contributed by atoms with van der Waals surface area (Å²) in [5.74, 6) is 0.390. The summed E-state index contributed by atoms with van der Waals surface area (Å²) in [5, 5.41) is 0. The molecule has 0 unspecified atom stereocenters. The zero-order valence-corrected chi connectivity index (χ0v) is 17.6. The van der Waals surface area contributed by atoms with Gasteiger partial charge in [0.25, 0.3) is 0 Å². The molecule has 0 N–H and O–H groups in total. The molecule has 1 heterocycles. The van der Waals surface area contributed by atoms with Gasteiger partial charge in [0.1, 0.15) is 0 Å². The number of hydrogen-bond acceptors (Lipinski definition) is 3. The van der Waals surface area contributed by atoms with Crippen LogP contribution in [0.5, 0.6) is 0 Å². The maximum atomic E-state index is 12.7. The van der Waals surface area contributed by atoms with Crippen molar-refractivity contribution < 1.29 is 9.53 Å². The number of nitrogens with zero attached hydrogens (tertiary/aromatic N) is 2. The van der Waals surface area contributed by atoms with Crippen molar-refractivity contribution in [1.82, 2.24) is 9.80 Å². The molecule has 2 saturated carbocycles. The van der Waals surface area contributed by atoms with Crippen LogP contribution < -0.4 is 0 Å². The van der Waals surface area contributed by atoms with Crippen LogP contribution in [0.1, 0.15) is 84.0 Å². The van der Waals surface area contributed by atoms with E-state index in [9.17, 15) is 4.79 Å². The Morgan fingerprint density at radius 2 is 1.77 bits per heavy atom. The lowest BCUT2D eigenvalue weighted by molar-refractivity contribution is -0.129. The largest absolute Gasteiger partial charge is 0.378 e. The molecule has 2 aliphatic carbocycles. The maximum Gasteiger partial charge on any atom is 0.223 e. The molecule has 3 aliphatic rings. The Bertz CT molecular complexity index is 485. The first-order valence-electron chi connectivity index (χ1n) is 10.9. The molecule has 0 aromatic heterocycles. The van der Waals surface area contributed by atoms with Gasteiger partial charge in [0.15, 0.2) is 0 Å². The van der Waals surface area contributed by atoms with Crippen LogP contribution in [-0.4, -0.2) is 61.1 Å². The predicted octanol–water partition coefficient (Wildman–Crippen LogP) is 4.23. The smallest absolute Gasteiger partial charge is 0.223 e. The molecule has 26 heavy (non-hydrogen) atoms. The summed E-state index contributed by atoms with van der Waals surface area (Å²) >= 11 is 0. The molecule has 0 aromatic carbocycles. The molecule has 1 aliphatic heterocycles. The molecule has 0 atom stereocenters. The van der Waals surface area contributed by atoms with Gasteiger partial charge >= 0.3 is 0 Å². The molecule has 1 saturated heterocycles. The van der Waals surface area contributed by atoms with Crippen LogP contribution in [0.3, 0.4) is 0 Å². The van der Waals surface area contributed by atoms with Crippen LogP contribution in [-0.2, 0) is 9.53 Å². The highest BCUT2D eigenvalue weighted by Gasteiger charge is 2.49. The standard InChI is InChI=1S/C22H40N2O2/c1-5-6-8-21(23(2)3)13-11-20(12-14-21)17-19(25)24(18-20)16-15-22(26-4)9-7-10-22/h5-18H2,1-4H3. The van der Waals surface area contributed by atoms with E-state index in [1.165, 1.54) is 64.2 Å². The van der Waals surface area contributed by atoms with Crippen molar-refractivity contribution in [2.75, 3.05) is 34.3 Å². The summed E-state index contributed by atoms with van der Waals surface area (Å²) in [6.07, 6.45) is 14.2. The second-order valence-corrected chi connectivity index (χ2v) is 9.71. The van der Waals surface area contributed by atoms with Crippen molar-refractivity contribution in [3.8, 4) is 0 Å². The number of likely N-dealkylation sites (tertiary alicyclic amines) is 1. The van der Waals surface area contributed by atoms with E-state index in [1.54, 1.807) is 0 Å². The van der Waals surface area contributed by atoms with Gasteiger partial charge in [0.2, 0.25) is 5.91 Å². The summed E-state index contributed by atoms with van der Waals surface area (Å²) in [6, 6.07) is 0. The van der Waals surface area contributed by atoms with E-state index in [0.717, 1.165) is 25.9 Å². The van der Waals surface area contributed by atoms with Crippen molar-refractivity contribution in [1.29, 1.82) is 0 Å². The Morgan fingerprint density at radius 1 is 1.08 bits per heavy atom. The molecule has 1 amide bonds. The average Bonchev–Trinajstić information content (AvgIpc) is 2.90. The normalized spacial score (nSPS) is 33.9. The minimum atomic E-state index is 0.0722. The van der Waals surface area contributed by atoms with E-state index in [1.807, 2.05) is 7.11 Å². The number of methoxy groups -OCH3 is 1. The molecule has 150 valence electrons.